The average Bonchev–Trinajstić information content (AvgIpc) is 2.48. The fourth-order valence-electron chi connectivity index (χ4n) is 1.79. The van der Waals surface area contributed by atoms with Crippen LogP contribution < -0.4 is 9.47 Å². The molecular weight excluding hydrogens is 443 g/mol. The molecule has 2 aromatic carbocycles. The molecule has 0 amide bonds. The Hall–Kier alpha value is -0.420. The number of rotatable bonds is 5. The van der Waals surface area contributed by atoms with Crippen molar-refractivity contribution in [1.82, 2.24) is 0 Å². The molecule has 0 saturated heterocycles. The first-order chi connectivity index (χ1) is 10.0. The summed E-state index contributed by atoms with van der Waals surface area (Å²) in [7, 11) is 1.61. The molecule has 0 spiro atoms. The third kappa shape index (κ3) is 4.28. The summed E-state index contributed by atoms with van der Waals surface area (Å²) in [5.74, 6) is 1.30. The van der Waals surface area contributed by atoms with Gasteiger partial charge < -0.3 is 9.47 Å². The van der Waals surface area contributed by atoms with Crippen molar-refractivity contribution < 1.29 is 9.47 Å². The number of halogens is 4. The topological polar surface area (TPSA) is 18.5 Å². The summed E-state index contributed by atoms with van der Waals surface area (Å²) in [5.41, 5.74) is 1.91. The number of benzene rings is 2. The first-order valence-electron chi connectivity index (χ1n) is 6.04. The van der Waals surface area contributed by atoms with E-state index in [-0.39, 0.29) is 0 Å². The number of hydrogen-bond donors (Lipinski definition) is 0. The number of ether oxygens (including phenoxy) is 2. The monoisotopic (exact) mass is 452 g/mol. The van der Waals surface area contributed by atoms with Gasteiger partial charge in [0.15, 0.2) is 11.5 Å². The number of methoxy groups -OCH3 is 1. The Labute approximate surface area is 150 Å². The molecule has 112 valence electrons. The van der Waals surface area contributed by atoms with Gasteiger partial charge in [0, 0.05) is 20.9 Å². The van der Waals surface area contributed by atoms with Gasteiger partial charge in [0.2, 0.25) is 0 Å². The van der Waals surface area contributed by atoms with Crippen LogP contribution in [-0.4, -0.2) is 7.11 Å². The second-order valence-corrected chi connectivity index (χ2v) is 6.53. The molecule has 0 heterocycles. The lowest BCUT2D eigenvalue weighted by Crippen LogP contribution is -2.00. The third-order valence-electron chi connectivity index (χ3n) is 2.82. The molecule has 0 bridgehead atoms. The van der Waals surface area contributed by atoms with E-state index in [2.05, 4.69) is 31.9 Å². The Balaban J connectivity index is 2.25. The van der Waals surface area contributed by atoms with E-state index >= 15 is 0 Å². The van der Waals surface area contributed by atoms with Gasteiger partial charge in [-0.1, -0.05) is 39.1 Å². The van der Waals surface area contributed by atoms with Gasteiger partial charge >= 0.3 is 0 Å². The van der Waals surface area contributed by atoms with Crippen LogP contribution in [0.25, 0.3) is 0 Å². The zero-order valence-corrected chi connectivity index (χ0v) is 15.8. The maximum atomic E-state index is 6.14. The minimum absolute atomic E-state index is 0.308. The normalized spacial score (nSPS) is 10.5. The summed E-state index contributed by atoms with van der Waals surface area (Å²) >= 11 is 19.0. The second kappa shape index (κ2) is 7.73. The molecule has 0 aliphatic carbocycles. The van der Waals surface area contributed by atoms with Gasteiger partial charge in [-0.2, -0.15) is 0 Å². The minimum Gasteiger partial charge on any atom is -0.493 e. The van der Waals surface area contributed by atoms with E-state index < -0.39 is 0 Å². The second-order valence-electron chi connectivity index (χ2n) is 4.27. The molecule has 0 N–H and O–H groups in total. The average molecular weight is 455 g/mol. The predicted molar refractivity (Wildman–Crippen MR) is 94.1 cm³/mol. The molecular formula is C15H12Br2Cl2O2. The highest BCUT2D eigenvalue weighted by molar-refractivity contribution is 9.10. The molecule has 0 atom stereocenters. The minimum atomic E-state index is 0.308. The Bertz CT molecular complexity index is 648. The largest absolute Gasteiger partial charge is 0.493 e. The highest BCUT2D eigenvalue weighted by Gasteiger charge is 2.12. The van der Waals surface area contributed by atoms with Crippen LogP contribution in [0.5, 0.6) is 11.5 Å². The molecule has 21 heavy (non-hydrogen) atoms. The highest BCUT2D eigenvalue weighted by Crippen LogP contribution is 2.38. The predicted octanol–water partition coefficient (Wildman–Crippen LogP) is 6.24. The summed E-state index contributed by atoms with van der Waals surface area (Å²) in [4.78, 5) is 0. The third-order valence-corrected chi connectivity index (χ3v) is 4.66. The summed E-state index contributed by atoms with van der Waals surface area (Å²) in [5, 5.41) is 1.98. The quantitative estimate of drug-likeness (QED) is 0.498. The zero-order chi connectivity index (χ0) is 15.4. The molecule has 0 saturated carbocycles. The van der Waals surface area contributed by atoms with E-state index in [1.807, 2.05) is 12.1 Å². The van der Waals surface area contributed by atoms with Crippen molar-refractivity contribution in [2.75, 3.05) is 7.11 Å². The Morgan fingerprint density at radius 1 is 1.14 bits per heavy atom. The zero-order valence-electron chi connectivity index (χ0n) is 11.1. The molecule has 0 unspecified atom stereocenters. The maximum absolute atomic E-state index is 6.14. The lowest BCUT2D eigenvalue weighted by molar-refractivity contribution is 0.282. The number of alkyl halides is 1. The molecule has 0 radical (unpaired) electrons. The van der Waals surface area contributed by atoms with Crippen LogP contribution in [0.15, 0.2) is 34.8 Å². The van der Waals surface area contributed by atoms with Crippen molar-refractivity contribution in [3.05, 3.63) is 56.0 Å². The van der Waals surface area contributed by atoms with Crippen molar-refractivity contribution in [1.29, 1.82) is 0 Å². The van der Waals surface area contributed by atoms with E-state index in [0.29, 0.717) is 28.2 Å². The SMILES string of the molecule is COc1cc(CBr)cc(Br)c1OCc1cc(Cl)ccc1Cl. The van der Waals surface area contributed by atoms with Gasteiger partial charge in [0.25, 0.3) is 0 Å². The molecule has 0 aromatic heterocycles. The fraction of sp³-hybridized carbons (Fsp3) is 0.200. The van der Waals surface area contributed by atoms with Crippen LogP contribution in [0, 0.1) is 0 Å². The molecule has 2 nitrogen and oxygen atoms in total. The van der Waals surface area contributed by atoms with Crippen LogP contribution in [0.4, 0.5) is 0 Å². The Morgan fingerprint density at radius 2 is 1.90 bits per heavy atom. The van der Waals surface area contributed by atoms with E-state index in [4.69, 9.17) is 32.7 Å². The first kappa shape index (κ1) is 16.9. The van der Waals surface area contributed by atoms with Gasteiger partial charge in [0.05, 0.1) is 11.6 Å². The van der Waals surface area contributed by atoms with Crippen LogP contribution >= 0.6 is 55.1 Å². The summed E-state index contributed by atoms with van der Waals surface area (Å²) in [6.07, 6.45) is 0. The van der Waals surface area contributed by atoms with E-state index in [9.17, 15) is 0 Å². The smallest absolute Gasteiger partial charge is 0.175 e. The first-order valence-corrected chi connectivity index (χ1v) is 8.71. The van der Waals surface area contributed by atoms with Gasteiger partial charge in [-0.15, -0.1) is 0 Å². The van der Waals surface area contributed by atoms with Crippen molar-refractivity contribution in [3.63, 3.8) is 0 Å². The summed E-state index contributed by atoms with van der Waals surface area (Å²) < 4.78 is 12.1. The van der Waals surface area contributed by atoms with Crippen molar-refractivity contribution in [3.8, 4) is 11.5 Å². The number of hydrogen-bond acceptors (Lipinski definition) is 2. The van der Waals surface area contributed by atoms with E-state index in [1.165, 1.54) is 0 Å². The van der Waals surface area contributed by atoms with Gasteiger partial charge in [-0.05, 0) is 51.8 Å². The Kier molecular flexibility index (Phi) is 6.23. The standard InChI is InChI=1S/C15H12Br2Cl2O2/c1-20-14-5-9(7-16)4-12(17)15(14)21-8-10-6-11(18)2-3-13(10)19/h2-6H,7-8H2,1H3. The maximum Gasteiger partial charge on any atom is 0.175 e. The van der Waals surface area contributed by atoms with Crippen LogP contribution in [-0.2, 0) is 11.9 Å². The lowest BCUT2D eigenvalue weighted by atomic mass is 10.2. The van der Waals surface area contributed by atoms with Crippen molar-refractivity contribution in [2.24, 2.45) is 0 Å². The molecule has 0 fully saturated rings. The molecule has 2 aromatic rings. The Morgan fingerprint density at radius 3 is 2.57 bits per heavy atom. The lowest BCUT2D eigenvalue weighted by Gasteiger charge is -2.14. The van der Waals surface area contributed by atoms with Crippen LogP contribution in [0.3, 0.4) is 0 Å². The summed E-state index contributed by atoms with van der Waals surface area (Å²) in [6.45, 7) is 0.308. The molecule has 0 aliphatic rings. The van der Waals surface area contributed by atoms with Gasteiger partial charge in [-0.25, -0.2) is 0 Å². The van der Waals surface area contributed by atoms with Crippen LogP contribution in [0.2, 0.25) is 10.0 Å². The van der Waals surface area contributed by atoms with Crippen molar-refractivity contribution in [2.45, 2.75) is 11.9 Å². The van der Waals surface area contributed by atoms with Gasteiger partial charge in [-0.3, -0.25) is 0 Å². The van der Waals surface area contributed by atoms with E-state index in [1.54, 1.807) is 25.3 Å². The fourth-order valence-corrected chi connectivity index (χ4v) is 3.09. The van der Waals surface area contributed by atoms with Crippen LogP contribution in [0.1, 0.15) is 11.1 Å². The van der Waals surface area contributed by atoms with Crippen molar-refractivity contribution >= 4 is 55.1 Å². The van der Waals surface area contributed by atoms with E-state index in [0.717, 1.165) is 20.9 Å². The molecule has 0 aliphatic heterocycles. The summed E-state index contributed by atoms with van der Waals surface area (Å²) in [6, 6.07) is 9.19. The molecule has 6 heteroatoms. The molecule has 2 rings (SSSR count). The highest BCUT2D eigenvalue weighted by atomic mass is 79.9. The van der Waals surface area contributed by atoms with Gasteiger partial charge in [0.1, 0.15) is 6.61 Å².